The number of carboxylic acids is 1. The van der Waals surface area contributed by atoms with E-state index in [4.69, 9.17) is 5.11 Å². The van der Waals surface area contributed by atoms with Crippen LogP contribution in [-0.2, 0) is 4.79 Å². The second kappa shape index (κ2) is 4.88. The summed E-state index contributed by atoms with van der Waals surface area (Å²) in [5, 5.41) is 9.97. The molecule has 1 unspecified atom stereocenters. The Balaban J connectivity index is 1.94. The highest BCUT2D eigenvalue weighted by molar-refractivity contribution is 5.96. The molecule has 0 spiro atoms. The molecule has 1 fully saturated rings. The van der Waals surface area contributed by atoms with Gasteiger partial charge in [-0.2, -0.15) is 0 Å². The van der Waals surface area contributed by atoms with Crippen LogP contribution in [0.3, 0.4) is 0 Å². The molecular formula is C14H13N3O3. The third-order valence-corrected chi connectivity index (χ3v) is 3.48. The van der Waals surface area contributed by atoms with Crippen molar-refractivity contribution < 1.29 is 14.7 Å². The average Bonchev–Trinajstić information content (AvgIpc) is 2.95. The van der Waals surface area contributed by atoms with Gasteiger partial charge in [0.15, 0.2) is 5.65 Å². The maximum atomic E-state index is 12.4. The molecule has 1 saturated heterocycles. The van der Waals surface area contributed by atoms with Crippen molar-refractivity contribution in [1.82, 2.24) is 14.9 Å². The van der Waals surface area contributed by atoms with Crippen molar-refractivity contribution in [2.24, 2.45) is 0 Å². The lowest BCUT2D eigenvalue weighted by Crippen LogP contribution is -2.40. The SMILES string of the molecule is O=C(O)C1CCCN1C(=O)c1ccc2cccnc2n1. The van der Waals surface area contributed by atoms with Crippen LogP contribution < -0.4 is 0 Å². The van der Waals surface area contributed by atoms with E-state index in [1.807, 2.05) is 6.07 Å². The molecule has 3 heterocycles. The molecule has 2 aromatic heterocycles. The van der Waals surface area contributed by atoms with Crippen LogP contribution >= 0.6 is 0 Å². The second-order valence-corrected chi connectivity index (χ2v) is 4.74. The third kappa shape index (κ3) is 2.09. The van der Waals surface area contributed by atoms with Gasteiger partial charge in [-0.1, -0.05) is 0 Å². The molecule has 0 saturated carbocycles. The molecule has 0 radical (unpaired) electrons. The van der Waals surface area contributed by atoms with Gasteiger partial charge in [0.25, 0.3) is 5.91 Å². The standard InChI is InChI=1S/C14H13N3O3/c18-13(17-8-2-4-11(17)14(19)20)10-6-5-9-3-1-7-15-12(9)16-10/h1,3,5-7,11H,2,4,8H2,(H,19,20). The summed E-state index contributed by atoms with van der Waals surface area (Å²) in [6, 6.07) is 6.30. The molecule has 1 atom stereocenters. The molecule has 1 aliphatic rings. The van der Waals surface area contributed by atoms with Crippen LogP contribution in [0.25, 0.3) is 11.0 Å². The predicted molar refractivity (Wildman–Crippen MR) is 71.2 cm³/mol. The van der Waals surface area contributed by atoms with E-state index in [0.717, 1.165) is 5.39 Å². The summed E-state index contributed by atoms with van der Waals surface area (Å²) in [7, 11) is 0. The Kier molecular flexibility index (Phi) is 3.06. The first-order valence-electron chi connectivity index (χ1n) is 6.42. The number of carbonyl (C=O) groups excluding carboxylic acids is 1. The van der Waals surface area contributed by atoms with Crippen molar-refractivity contribution in [2.75, 3.05) is 6.54 Å². The molecular weight excluding hydrogens is 258 g/mol. The maximum Gasteiger partial charge on any atom is 0.326 e. The zero-order valence-electron chi connectivity index (χ0n) is 10.7. The number of carboxylic acid groups (broad SMARTS) is 1. The highest BCUT2D eigenvalue weighted by Gasteiger charge is 2.34. The number of hydrogen-bond acceptors (Lipinski definition) is 4. The summed E-state index contributed by atoms with van der Waals surface area (Å²) in [4.78, 5) is 33.2. The maximum absolute atomic E-state index is 12.4. The Bertz CT molecular complexity index is 686. The molecule has 1 aliphatic heterocycles. The van der Waals surface area contributed by atoms with E-state index in [2.05, 4.69) is 9.97 Å². The van der Waals surface area contributed by atoms with Gasteiger partial charge in [-0.3, -0.25) is 4.79 Å². The molecule has 0 bridgehead atoms. The number of aliphatic carboxylic acids is 1. The minimum atomic E-state index is -0.963. The number of nitrogens with zero attached hydrogens (tertiary/aromatic N) is 3. The molecule has 0 aliphatic carbocycles. The van der Waals surface area contributed by atoms with E-state index < -0.39 is 12.0 Å². The molecule has 20 heavy (non-hydrogen) atoms. The van der Waals surface area contributed by atoms with E-state index in [1.54, 1.807) is 24.4 Å². The number of hydrogen-bond donors (Lipinski definition) is 1. The van der Waals surface area contributed by atoms with E-state index >= 15 is 0 Å². The topological polar surface area (TPSA) is 83.4 Å². The molecule has 6 heteroatoms. The molecule has 3 rings (SSSR count). The van der Waals surface area contributed by atoms with Crippen LogP contribution in [0.5, 0.6) is 0 Å². The van der Waals surface area contributed by atoms with Crippen LogP contribution in [0.15, 0.2) is 30.5 Å². The van der Waals surface area contributed by atoms with Gasteiger partial charge >= 0.3 is 5.97 Å². The molecule has 102 valence electrons. The summed E-state index contributed by atoms with van der Waals surface area (Å²) in [6.07, 6.45) is 2.81. The number of pyridine rings is 2. The summed E-state index contributed by atoms with van der Waals surface area (Å²) >= 11 is 0. The van der Waals surface area contributed by atoms with Crippen molar-refractivity contribution in [1.29, 1.82) is 0 Å². The lowest BCUT2D eigenvalue weighted by atomic mass is 10.2. The second-order valence-electron chi connectivity index (χ2n) is 4.74. The highest BCUT2D eigenvalue weighted by Crippen LogP contribution is 2.20. The third-order valence-electron chi connectivity index (χ3n) is 3.48. The average molecular weight is 271 g/mol. The minimum Gasteiger partial charge on any atom is -0.480 e. The molecule has 2 aromatic rings. The monoisotopic (exact) mass is 271 g/mol. The fourth-order valence-corrected chi connectivity index (χ4v) is 2.49. The van der Waals surface area contributed by atoms with Crippen LogP contribution in [0.4, 0.5) is 0 Å². The van der Waals surface area contributed by atoms with Crippen molar-refractivity contribution in [3.05, 3.63) is 36.2 Å². The van der Waals surface area contributed by atoms with E-state index in [0.29, 0.717) is 25.0 Å². The van der Waals surface area contributed by atoms with Crippen molar-refractivity contribution in [3.63, 3.8) is 0 Å². The molecule has 6 nitrogen and oxygen atoms in total. The van der Waals surface area contributed by atoms with Crippen LogP contribution in [-0.4, -0.2) is 44.4 Å². The van der Waals surface area contributed by atoms with Crippen molar-refractivity contribution in [2.45, 2.75) is 18.9 Å². The van der Waals surface area contributed by atoms with Gasteiger partial charge < -0.3 is 10.0 Å². The van der Waals surface area contributed by atoms with E-state index in [-0.39, 0.29) is 11.6 Å². The fourth-order valence-electron chi connectivity index (χ4n) is 2.49. The normalized spacial score (nSPS) is 18.4. The van der Waals surface area contributed by atoms with E-state index in [1.165, 1.54) is 4.90 Å². The first-order chi connectivity index (χ1) is 9.66. The van der Waals surface area contributed by atoms with Gasteiger partial charge in [-0.25, -0.2) is 14.8 Å². The Morgan fingerprint density at radius 3 is 2.95 bits per heavy atom. The number of aromatic nitrogens is 2. The lowest BCUT2D eigenvalue weighted by molar-refractivity contribution is -0.141. The van der Waals surface area contributed by atoms with Crippen LogP contribution in [0, 0.1) is 0 Å². The van der Waals surface area contributed by atoms with Gasteiger partial charge in [-0.15, -0.1) is 0 Å². The van der Waals surface area contributed by atoms with Crippen molar-refractivity contribution in [3.8, 4) is 0 Å². The molecule has 1 amide bonds. The Morgan fingerprint density at radius 2 is 2.15 bits per heavy atom. The highest BCUT2D eigenvalue weighted by atomic mass is 16.4. The number of amides is 1. The molecule has 0 aromatic carbocycles. The number of carbonyl (C=O) groups is 2. The minimum absolute atomic E-state index is 0.240. The smallest absolute Gasteiger partial charge is 0.326 e. The summed E-state index contributed by atoms with van der Waals surface area (Å²) in [6.45, 7) is 0.456. The largest absolute Gasteiger partial charge is 0.480 e. The first kappa shape index (κ1) is 12.5. The summed E-state index contributed by atoms with van der Waals surface area (Å²) in [5.41, 5.74) is 0.730. The first-order valence-corrected chi connectivity index (χ1v) is 6.42. The van der Waals surface area contributed by atoms with Gasteiger partial charge in [0.05, 0.1) is 0 Å². The van der Waals surface area contributed by atoms with Gasteiger partial charge in [-0.05, 0) is 37.1 Å². The Labute approximate surface area is 115 Å². The lowest BCUT2D eigenvalue weighted by Gasteiger charge is -2.20. The van der Waals surface area contributed by atoms with E-state index in [9.17, 15) is 9.59 Å². The zero-order valence-corrected chi connectivity index (χ0v) is 10.7. The van der Waals surface area contributed by atoms with Crippen LogP contribution in [0.1, 0.15) is 23.3 Å². The zero-order chi connectivity index (χ0) is 14.1. The summed E-state index contributed by atoms with van der Waals surface area (Å²) < 4.78 is 0. The predicted octanol–water partition coefficient (Wildman–Crippen LogP) is 1.32. The van der Waals surface area contributed by atoms with Crippen LogP contribution in [0.2, 0.25) is 0 Å². The number of fused-ring (bicyclic) bond motifs is 1. The summed E-state index contributed by atoms with van der Waals surface area (Å²) in [5.74, 6) is -1.31. The molecule has 1 N–H and O–H groups in total. The van der Waals surface area contributed by atoms with Gasteiger partial charge in [0, 0.05) is 18.1 Å². The fraction of sp³-hybridized carbons (Fsp3) is 0.286. The number of likely N-dealkylation sites (tertiary alicyclic amines) is 1. The van der Waals surface area contributed by atoms with Gasteiger partial charge in [0.2, 0.25) is 0 Å². The Hall–Kier alpha value is -2.50. The van der Waals surface area contributed by atoms with Gasteiger partial charge in [0.1, 0.15) is 11.7 Å². The van der Waals surface area contributed by atoms with Crippen molar-refractivity contribution >= 4 is 22.9 Å². The quantitative estimate of drug-likeness (QED) is 0.890. The number of rotatable bonds is 2. The Morgan fingerprint density at radius 1 is 1.30 bits per heavy atom.